The predicted molar refractivity (Wildman–Crippen MR) is 65.0 cm³/mol. The van der Waals surface area contributed by atoms with E-state index in [-0.39, 0.29) is 5.56 Å². The van der Waals surface area contributed by atoms with Crippen molar-refractivity contribution in [3.8, 4) is 11.1 Å². The molecule has 1 aromatic carbocycles. The summed E-state index contributed by atoms with van der Waals surface area (Å²) in [6.45, 7) is 4.61. The first-order valence-corrected chi connectivity index (χ1v) is 5.60. The fourth-order valence-corrected chi connectivity index (χ4v) is 1.90. The maximum atomic E-state index is 13.6. The molecule has 0 atom stereocenters. The number of rotatable bonds is 3. The molecule has 2 rings (SSSR count). The molecule has 0 amide bonds. The second-order valence-corrected chi connectivity index (χ2v) is 3.96. The molecule has 0 saturated carbocycles. The first-order chi connectivity index (χ1) is 8.54. The van der Waals surface area contributed by atoms with Crippen molar-refractivity contribution in [2.45, 2.75) is 20.4 Å². The maximum absolute atomic E-state index is 13.6. The van der Waals surface area contributed by atoms with Crippen LogP contribution < -0.4 is 0 Å². The number of carboxylic acids is 1. The minimum atomic E-state index is -1.26. The molecule has 0 aliphatic heterocycles. The Bertz CT molecular complexity index is 605. The summed E-state index contributed by atoms with van der Waals surface area (Å²) >= 11 is 0. The Morgan fingerprint density at radius 2 is 2.22 bits per heavy atom. The molecule has 0 saturated heterocycles. The van der Waals surface area contributed by atoms with E-state index in [1.165, 1.54) is 12.1 Å². The minimum absolute atomic E-state index is 0.320. The molecule has 0 spiro atoms. The van der Waals surface area contributed by atoms with Crippen LogP contribution in [0.4, 0.5) is 4.39 Å². The summed E-state index contributed by atoms with van der Waals surface area (Å²) in [6.07, 6.45) is 1.66. The molecular formula is C13H13FN2O2. The second kappa shape index (κ2) is 4.60. The molecule has 0 unspecified atom stereocenters. The van der Waals surface area contributed by atoms with Gasteiger partial charge >= 0.3 is 5.97 Å². The first-order valence-electron chi connectivity index (χ1n) is 5.60. The highest BCUT2D eigenvalue weighted by atomic mass is 19.1. The van der Waals surface area contributed by atoms with Crippen molar-refractivity contribution >= 4 is 5.97 Å². The van der Waals surface area contributed by atoms with E-state index < -0.39 is 11.8 Å². The Kier molecular flexibility index (Phi) is 3.14. The number of aromatic nitrogens is 2. The number of hydrogen-bond acceptors (Lipinski definition) is 2. The third kappa shape index (κ3) is 1.99. The lowest BCUT2D eigenvalue weighted by Gasteiger charge is -2.04. The van der Waals surface area contributed by atoms with E-state index in [0.717, 1.165) is 17.8 Å². The molecule has 0 fully saturated rings. The third-order valence-corrected chi connectivity index (χ3v) is 2.91. The number of nitrogens with zero attached hydrogens (tertiary/aromatic N) is 2. The maximum Gasteiger partial charge on any atom is 0.338 e. The van der Waals surface area contributed by atoms with Crippen molar-refractivity contribution < 1.29 is 14.3 Å². The summed E-state index contributed by atoms with van der Waals surface area (Å²) in [7, 11) is 0. The SMILES string of the molecule is CCn1ncc(-c2ccc(C(=O)O)c(F)c2)c1C. The summed E-state index contributed by atoms with van der Waals surface area (Å²) in [6, 6.07) is 4.10. The van der Waals surface area contributed by atoms with Gasteiger partial charge < -0.3 is 5.11 Å². The predicted octanol–water partition coefficient (Wildman–Crippen LogP) is 2.72. The molecule has 0 aliphatic rings. The summed E-state index contributed by atoms with van der Waals surface area (Å²) < 4.78 is 15.4. The van der Waals surface area contributed by atoms with Crippen molar-refractivity contribution in [3.05, 3.63) is 41.5 Å². The van der Waals surface area contributed by atoms with Gasteiger partial charge in [0.25, 0.3) is 0 Å². The minimum Gasteiger partial charge on any atom is -0.478 e. The summed E-state index contributed by atoms with van der Waals surface area (Å²) in [5.74, 6) is -2.00. The van der Waals surface area contributed by atoms with Crippen LogP contribution >= 0.6 is 0 Å². The monoisotopic (exact) mass is 248 g/mol. The fraction of sp³-hybridized carbons (Fsp3) is 0.231. The Labute approximate surface area is 104 Å². The quantitative estimate of drug-likeness (QED) is 0.908. The Hall–Kier alpha value is -2.17. The van der Waals surface area contributed by atoms with Crippen molar-refractivity contribution in [2.75, 3.05) is 0 Å². The average Bonchev–Trinajstić information content (AvgIpc) is 2.69. The zero-order valence-electron chi connectivity index (χ0n) is 10.1. The molecule has 1 N–H and O–H groups in total. The van der Waals surface area contributed by atoms with Crippen molar-refractivity contribution in [1.29, 1.82) is 0 Å². The summed E-state index contributed by atoms with van der Waals surface area (Å²) in [5, 5.41) is 12.9. The van der Waals surface area contributed by atoms with Gasteiger partial charge in [0, 0.05) is 17.8 Å². The Morgan fingerprint density at radius 1 is 1.50 bits per heavy atom. The van der Waals surface area contributed by atoms with Gasteiger partial charge in [0.2, 0.25) is 0 Å². The van der Waals surface area contributed by atoms with E-state index in [2.05, 4.69) is 5.10 Å². The highest BCUT2D eigenvalue weighted by molar-refractivity contribution is 5.88. The lowest BCUT2D eigenvalue weighted by atomic mass is 10.0. The molecule has 18 heavy (non-hydrogen) atoms. The fourth-order valence-electron chi connectivity index (χ4n) is 1.90. The largest absolute Gasteiger partial charge is 0.478 e. The molecule has 94 valence electrons. The van der Waals surface area contributed by atoms with Gasteiger partial charge in [-0.25, -0.2) is 9.18 Å². The Balaban J connectivity index is 2.49. The van der Waals surface area contributed by atoms with E-state index >= 15 is 0 Å². The van der Waals surface area contributed by atoms with Crippen LogP contribution in [0.2, 0.25) is 0 Å². The zero-order valence-corrected chi connectivity index (χ0v) is 10.1. The van der Waals surface area contributed by atoms with Gasteiger partial charge in [0.1, 0.15) is 5.82 Å². The van der Waals surface area contributed by atoms with Crippen LogP contribution in [0.25, 0.3) is 11.1 Å². The van der Waals surface area contributed by atoms with E-state index in [1.54, 1.807) is 16.9 Å². The second-order valence-electron chi connectivity index (χ2n) is 3.96. The van der Waals surface area contributed by atoms with Crippen LogP contribution in [-0.4, -0.2) is 20.9 Å². The number of aromatic carboxylic acids is 1. The van der Waals surface area contributed by atoms with Crippen molar-refractivity contribution in [2.24, 2.45) is 0 Å². The average molecular weight is 248 g/mol. The lowest BCUT2D eigenvalue weighted by Crippen LogP contribution is -2.01. The topological polar surface area (TPSA) is 55.1 Å². The Morgan fingerprint density at radius 3 is 2.72 bits per heavy atom. The van der Waals surface area contributed by atoms with Gasteiger partial charge in [-0.3, -0.25) is 4.68 Å². The van der Waals surface area contributed by atoms with Gasteiger partial charge in [0.05, 0.1) is 11.8 Å². The van der Waals surface area contributed by atoms with Crippen LogP contribution in [0, 0.1) is 12.7 Å². The highest BCUT2D eigenvalue weighted by Gasteiger charge is 2.13. The van der Waals surface area contributed by atoms with E-state index in [1.807, 2.05) is 13.8 Å². The standard InChI is InChI=1S/C13H13FN2O2/c1-3-16-8(2)11(7-15-16)9-4-5-10(13(17)18)12(14)6-9/h4-7H,3H2,1-2H3,(H,17,18). The number of carboxylic acid groups (broad SMARTS) is 1. The van der Waals surface area contributed by atoms with E-state index in [0.29, 0.717) is 5.56 Å². The third-order valence-electron chi connectivity index (χ3n) is 2.91. The number of benzene rings is 1. The summed E-state index contributed by atoms with van der Waals surface area (Å²) in [5.41, 5.74) is 2.06. The van der Waals surface area contributed by atoms with Crippen LogP contribution in [0.5, 0.6) is 0 Å². The first kappa shape index (κ1) is 12.3. The number of aryl methyl sites for hydroxylation is 1. The van der Waals surface area contributed by atoms with Gasteiger partial charge in [0.15, 0.2) is 0 Å². The molecule has 0 radical (unpaired) electrons. The normalized spacial score (nSPS) is 10.6. The van der Waals surface area contributed by atoms with E-state index in [4.69, 9.17) is 5.11 Å². The van der Waals surface area contributed by atoms with Crippen LogP contribution in [0.3, 0.4) is 0 Å². The molecule has 2 aromatic rings. The molecule has 5 heteroatoms. The van der Waals surface area contributed by atoms with Gasteiger partial charge in [-0.05, 0) is 31.5 Å². The number of hydrogen-bond donors (Lipinski definition) is 1. The molecule has 0 aliphatic carbocycles. The molecule has 4 nitrogen and oxygen atoms in total. The van der Waals surface area contributed by atoms with E-state index in [9.17, 15) is 9.18 Å². The molecular weight excluding hydrogens is 235 g/mol. The molecule has 0 bridgehead atoms. The van der Waals surface area contributed by atoms with Crippen LogP contribution in [-0.2, 0) is 6.54 Å². The zero-order chi connectivity index (χ0) is 13.3. The number of halogens is 1. The molecule has 1 aromatic heterocycles. The summed E-state index contributed by atoms with van der Waals surface area (Å²) in [4.78, 5) is 10.7. The lowest BCUT2D eigenvalue weighted by molar-refractivity contribution is 0.0692. The van der Waals surface area contributed by atoms with Crippen molar-refractivity contribution in [1.82, 2.24) is 9.78 Å². The smallest absolute Gasteiger partial charge is 0.338 e. The highest BCUT2D eigenvalue weighted by Crippen LogP contribution is 2.25. The van der Waals surface area contributed by atoms with Gasteiger partial charge in [-0.15, -0.1) is 0 Å². The van der Waals surface area contributed by atoms with Gasteiger partial charge in [-0.1, -0.05) is 6.07 Å². The van der Waals surface area contributed by atoms with Gasteiger partial charge in [-0.2, -0.15) is 5.10 Å². The van der Waals surface area contributed by atoms with Crippen LogP contribution in [0.1, 0.15) is 23.0 Å². The number of carbonyl (C=O) groups is 1. The van der Waals surface area contributed by atoms with Crippen molar-refractivity contribution in [3.63, 3.8) is 0 Å². The van der Waals surface area contributed by atoms with Crippen LogP contribution in [0.15, 0.2) is 24.4 Å². The molecule has 1 heterocycles.